The molecule has 0 radical (unpaired) electrons. The maximum absolute atomic E-state index is 12.5. The Bertz CT molecular complexity index is 229. The highest BCUT2D eigenvalue weighted by Gasteiger charge is 2.42. The van der Waals surface area contributed by atoms with E-state index >= 15 is 0 Å². The van der Waals surface area contributed by atoms with Crippen LogP contribution in [0, 0.1) is 11.8 Å². The summed E-state index contributed by atoms with van der Waals surface area (Å²) >= 11 is 4.45. The van der Waals surface area contributed by atoms with Crippen molar-refractivity contribution in [1.82, 2.24) is 4.90 Å². The molecule has 0 heterocycles. The van der Waals surface area contributed by atoms with E-state index in [1.807, 2.05) is 13.8 Å². The van der Waals surface area contributed by atoms with Gasteiger partial charge >= 0.3 is 6.18 Å². The van der Waals surface area contributed by atoms with Crippen molar-refractivity contribution in [3.05, 3.63) is 0 Å². The van der Waals surface area contributed by atoms with Crippen molar-refractivity contribution in [2.45, 2.75) is 26.4 Å². The minimum Gasteiger partial charge on any atom is -0.393 e. The molecule has 0 amide bonds. The maximum Gasteiger partial charge on any atom is 0.399 e. The molecule has 0 spiro atoms. The standard InChI is InChI=1S/C10H19F3N2S/c1-7(2)4-5-15(3)6-8(9(14)16)10(11,12)13/h7-8H,4-6H2,1-3H3,(H2,14,16). The second-order valence-corrected chi connectivity index (χ2v) is 4.91. The van der Waals surface area contributed by atoms with Gasteiger partial charge in [0, 0.05) is 6.54 Å². The lowest BCUT2D eigenvalue weighted by molar-refractivity contribution is -0.158. The van der Waals surface area contributed by atoms with Crippen molar-refractivity contribution in [2.24, 2.45) is 17.6 Å². The van der Waals surface area contributed by atoms with Crippen LogP contribution in [0.25, 0.3) is 0 Å². The summed E-state index contributed by atoms with van der Waals surface area (Å²) < 4.78 is 37.6. The van der Waals surface area contributed by atoms with E-state index < -0.39 is 17.1 Å². The molecule has 0 aromatic carbocycles. The molecule has 0 bridgehead atoms. The minimum absolute atomic E-state index is 0.161. The Hall–Kier alpha value is -0.360. The molecule has 6 heteroatoms. The Morgan fingerprint density at radius 2 is 1.88 bits per heavy atom. The van der Waals surface area contributed by atoms with Crippen molar-refractivity contribution in [1.29, 1.82) is 0 Å². The monoisotopic (exact) mass is 256 g/mol. The van der Waals surface area contributed by atoms with Crippen LogP contribution in [0.1, 0.15) is 20.3 Å². The number of hydrogen-bond acceptors (Lipinski definition) is 2. The molecule has 0 aromatic rings. The van der Waals surface area contributed by atoms with Gasteiger partial charge in [0.1, 0.15) is 5.92 Å². The minimum atomic E-state index is -4.35. The molecule has 1 atom stereocenters. The number of rotatable bonds is 6. The second-order valence-electron chi connectivity index (χ2n) is 4.44. The number of nitrogens with two attached hydrogens (primary N) is 1. The third-order valence-corrected chi connectivity index (χ3v) is 2.61. The molecule has 0 aliphatic carbocycles. The molecule has 0 rings (SSSR count). The summed E-state index contributed by atoms with van der Waals surface area (Å²) in [7, 11) is 1.65. The molecule has 1 unspecified atom stereocenters. The van der Waals surface area contributed by atoms with Crippen LogP contribution in [0.2, 0.25) is 0 Å². The first-order valence-electron chi connectivity index (χ1n) is 5.19. The summed E-state index contributed by atoms with van der Waals surface area (Å²) in [6.45, 7) is 4.52. The molecule has 16 heavy (non-hydrogen) atoms. The lowest BCUT2D eigenvalue weighted by atomic mass is 10.1. The third-order valence-electron chi connectivity index (χ3n) is 2.32. The van der Waals surface area contributed by atoms with Gasteiger partial charge in [-0.15, -0.1) is 0 Å². The average Bonchev–Trinajstić information content (AvgIpc) is 2.08. The smallest absolute Gasteiger partial charge is 0.393 e. The topological polar surface area (TPSA) is 29.3 Å². The molecule has 2 N–H and O–H groups in total. The second kappa shape index (κ2) is 6.39. The zero-order valence-electron chi connectivity index (χ0n) is 9.84. The largest absolute Gasteiger partial charge is 0.399 e. The van der Waals surface area contributed by atoms with Crippen LogP contribution in [-0.4, -0.2) is 36.2 Å². The van der Waals surface area contributed by atoms with E-state index in [1.165, 1.54) is 0 Å². The highest BCUT2D eigenvalue weighted by Crippen LogP contribution is 2.27. The number of thiocarbonyl (C=S) groups is 1. The van der Waals surface area contributed by atoms with Crippen molar-refractivity contribution in [3.63, 3.8) is 0 Å². The lowest BCUT2D eigenvalue weighted by Gasteiger charge is -2.25. The van der Waals surface area contributed by atoms with Crippen LogP contribution in [0.15, 0.2) is 0 Å². The lowest BCUT2D eigenvalue weighted by Crippen LogP contribution is -2.42. The fourth-order valence-corrected chi connectivity index (χ4v) is 1.44. The Labute approximate surface area is 100.0 Å². The summed E-state index contributed by atoms with van der Waals surface area (Å²) in [5.74, 6) is -1.24. The van der Waals surface area contributed by atoms with E-state index in [9.17, 15) is 13.2 Å². The van der Waals surface area contributed by atoms with Crippen LogP contribution in [-0.2, 0) is 0 Å². The highest BCUT2D eigenvalue weighted by atomic mass is 32.1. The maximum atomic E-state index is 12.5. The van der Waals surface area contributed by atoms with Crippen LogP contribution in [0.3, 0.4) is 0 Å². The SMILES string of the molecule is CC(C)CCN(C)CC(C(N)=S)C(F)(F)F. The summed E-state index contributed by atoms with van der Waals surface area (Å²) in [6.07, 6.45) is -3.49. The van der Waals surface area contributed by atoms with E-state index in [4.69, 9.17) is 5.73 Å². The van der Waals surface area contributed by atoms with Crippen LogP contribution in [0.4, 0.5) is 13.2 Å². The summed E-state index contributed by atoms with van der Waals surface area (Å²) in [5, 5.41) is 0. The van der Waals surface area contributed by atoms with Gasteiger partial charge < -0.3 is 10.6 Å². The summed E-state index contributed by atoms with van der Waals surface area (Å²) in [4.78, 5) is 1.14. The number of alkyl halides is 3. The van der Waals surface area contributed by atoms with E-state index in [0.717, 1.165) is 6.42 Å². The van der Waals surface area contributed by atoms with Gasteiger partial charge in [-0.25, -0.2) is 0 Å². The predicted molar refractivity (Wildman–Crippen MR) is 63.3 cm³/mol. The van der Waals surface area contributed by atoms with E-state index in [1.54, 1.807) is 11.9 Å². The Balaban J connectivity index is 4.25. The summed E-state index contributed by atoms with van der Waals surface area (Å²) in [5.41, 5.74) is 5.11. The van der Waals surface area contributed by atoms with Gasteiger partial charge in [-0.3, -0.25) is 0 Å². The third kappa shape index (κ3) is 6.27. The zero-order valence-corrected chi connectivity index (χ0v) is 10.7. The van der Waals surface area contributed by atoms with Crippen molar-refractivity contribution in [3.8, 4) is 0 Å². The number of hydrogen-bond donors (Lipinski definition) is 1. The van der Waals surface area contributed by atoms with Gasteiger partial charge in [-0.1, -0.05) is 26.1 Å². The van der Waals surface area contributed by atoms with Gasteiger partial charge in [0.15, 0.2) is 0 Å². The Morgan fingerprint density at radius 1 is 1.38 bits per heavy atom. The first kappa shape index (κ1) is 15.6. The zero-order chi connectivity index (χ0) is 12.9. The van der Waals surface area contributed by atoms with Gasteiger partial charge in [-0.05, 0) is 25.9 Å². The van der Waals surface area contributed by atoms with Crippen LogP contribution < -0.4 is 5.73 Å². The van der Waals surface area contributed by atoms with Crippen molar-refractivity contribution >= 4 is 17.2 Å². The normalized spacial score (nSPS) is 14.5. The summed E-state index contributed by atoms with van der Waals surface area (Å²) in [6, 6.07) is 0. The highest BCUT2D eigenvalue weighted by molar-refractivity contribution is 7.80. The van der Waals surface area contributed by atoms with Gasteiger partial charge in [0.25, 0.3) is 0 Å². The first-order chi connectivity index (χ1) is 7.14. The number of nitrogens with zero attached hydrogens (tertiary/aromatic N) is 1. The van der Waals surface area contributed by atoms with Gasteiger partial charge in [0.2, 0.25) is 0 Å². The Morgan fingerprint density at radius 3 is 2.19 bits per heavy atom. The first-order valence-corrected chi connectivity index (χ1v) is 5.60. The molecule has 0 aromatic heterocycles. The quantitative estimate of drug-likeness (QED) is 0.740. The van der Waals surface area contributed by atoms with E-state index in [0.29, 0.717) is 12.5 Å². The molecule has 0 fully saturated rings. The van der Waals surface area contributed by atoms with Gasteiger partial charge in [0.05, 0.1) is 4.99 Å². The van der Waals surface area contributed by atoms with Crippen LogP contribution in [0.5, 0.6) is 0 Å². The fraction of sp³-hybridized carbons (Fsp3) is 0.900. The van der Waals surface area contributed by atoms with E-state index in [2.05, 4.69) is 12.2 Å². The molecule has 96 valence electrons. The molecule has 0 aliphatic heterocycles. The fourth-order valence-electron chi connectivity index (χ4n) is 1.24. The molecule has 0 saturated carbocycles. The van der Waals surface area contributed by atoms with Gasteiger partial charge in [-0.2, -0.15) is 13.2 Å². The average molecular weight is 256 g/mol. The predicted octanol–water partition coefficient (Wildman–Crippen LogP) is 2.43. The number of halogens is 3. The molecule has 0 aliphatic rings. The Kier molecular flexibility index (Phi) is 6.25. The van der Waals surface area contributed by atoms with Crippen LogP contribution >= 0.6 is 12.2 Å². The molecule has 2 nitrogen and oxygen atoms in total. The van der Waals surface area contributed by atoms with E-state index in [-0.39, 0.29) is 6.54 Å². The molecular formula is C10H19F3N2S. The van der Waals surface area contributed by atoms with Crippen molar-refractivity contribution in [2.75, 3.05) is 20.1 Å². The van der Waals surface area contributed by atoms with Crippen molar-refractivity contribution < 1.29 is 13.2 Å². The molecular weight excluding hydrogens is 237 g/mol. The molecule has 0 saturated heterocycles.